The van der Waals surface area contributed by atoms with Crippen LogP contribution in [0.25, 0.3) is 0 Å². The van der Waals surface area contributed by atoms with Crippen molar-refractivity contribution in [2.75, 3.05) is 24.5 Å². The standard InChI is InChI=1S/C34H36FN3O5S/c1-4-36-34(40)31(22-26-11-7-5-8-12-26)37(23-27-16-18-28(35)19-17-27)33(39)24-38(30-21-25(2)15-20-32(30)43-3)44(41,42)29-13-9-6-10-14-29/h5-21,31H,4,22-24H2,1-3H3,(H,36,40). The summed E-state index contributed by atoms with van der Waals surface area (Å²) in [4.78, 5) is 29.3. The number of halogens is 1. The van der Waals surface area contributed by atoms with Gasteiger partial charge in [0.2, 0.25) is 11.8 Å². The Morgan fingerprint density at radius 2 is 1.52 bits per heavy atom. The Balaban J connectivity index is 1.83. The van der Waals surface area contributed by atoms with Crippen molar-refractivity contribution in [1.29, 1.82) is 0 Å². The fraction of sp³-hybridized carbons (Fsp3) is 0.235. The van der Waals surface area contributed by atoms with Gasteiger partial charge in [0, 0.05) is 19.5 Å². The summed E-state index contributed by atoms with van der Waals surface area (Å²) in [6.07, 6.45) is 0.179. The van der Waals surface area contributed by atoms with E-state index in [1.165, 1.54) is 48.4 Å². The molecule has 10 heteroatoms. The van der Waals surface area contributed by atoms with Crippen molar-refractivity contribution >= 4 is 27.5 Å². The Morgan fingerprint density at radius 1 is 0.886 bits per heavy atom. The number of benzene rings is 4. The summed E-state index contributed by atoms with van der Waals surface area (Å²) in [6.45, 7) is 3.24. The van der Waals surface area contributed by atoms with Crippen molar-refractivity contribution in [3.8, 4) is 5.75 Å². The molecule has 0 saturated carbocycles. The predicted molar refractivity (Wildman–Crippen MR) is 168 cm³/mol. The molecule has 4 aromatic carbocycles. The van der Waals surface area contributed by atoms with Gasteiger partial charge in [0.1, 0.15) is 24.2 Å². The number of anilines is 1. The number of carbonyl (C=O) groups excluding carboxylic acids is 2. The van der Waals surface area contributed by atoms with E-state index < -0.39 is 40.2 Å². The Hall–Kier alpha value is -4.70. The fourth-order valence-corrected chi connectivity index (χ4v) is 6.30. The number of aryl methyl sites for hydroxylation is 1. The van der Waals surface area contributed by atoms with Crippen LogP contribution in [0.5, 0.6) is 5.75 Å². The van der Waals surface area contributed by atoms with E-state index >= 15 is 0 Å². The number of hydrogen-bond donors (Lipinski definition) is 1. The molecule has 0 saturated heterocycles. The maximum absolute atomic E-state index is 14.4. The third kappa shape index (κ3) is 7.82. The van der Waals surface area contributed by atoms with Crippen LogP contribution in [0.1, 0.15) is 23.6 Å². The molecule has 1 unspecified atom stereocenters. The molecule has 230 valence electrons. The lowest BCUT2D eigenvalue weighted by molar-refractivity contribution is -0.140. The molecule has 0 aliphatic carbocycles. The van der Waals surface area contributed by atoms with Gasteiger partial charge in [-0.1, -0.05) is 66.7 Å². The van der Waals surface area contributed by atoms with Gasteiger partial charge < -0.3 is 15.0 Å². The zero-order valence-electron chi connectivity index (χ0n) is 24.9. The second-order valence-electron chi connectivity index (χ2n) is 10.2. The van der Waals surface area contributed by atoms with Crippen LogP contribution in [0.2, 0.25) is 0 Å². The molecule has 44 heavy (non-hydrogen) atoms. The van der Waals surface area contributed by atoms with Gasteiger partial charge in [0.15, 0.2) is 0 Å². The summed E-state index contributed by atoms with van der Waals surface area (Å²) in [5.74, 6) is -1.19. The maximum Gasteiger partial charge on any atom is 0.264 e. The van der Waals surface area contributed by atoms with Crippen LogP contribution in [0, 0.1) is 12.7 Å². The smallest absolute Gasteiger partial charge is 0.264 e. The number of methoxy groups -OCH3 is 1. The van der Waals surface area contributed by atoms with Crippen LogP contribution >= 0.6 is 0 Å². The molecule has 0 spiro atoms. The molecule has 4 rings (SSSR count). The van der Waals surface area contributed by atoms with Crippen LogP contribution in [0.4, 0.5) is 10.1 Å². The number of amides is 2. The highest BCUT2D eigenvalue weighted by molar-refractivity contribution is 7.92. The fourth-order valence-electron chi connectivity index (χ4n) is 4.86. The molecule has 0 bridgehead atoms. The van der Waals surface area contributed by atoms with E-state index in [4.69, 9.17) is 4.74 Å². The van der Waals surface area contributed by atoms with E-state index in [0.717, 1.165) is 15.4 Å². The molecular formula is C34H36FN3O5S. The monoisotopic (exact) mass is 617 g/mol. The van der Waals surface area contributed by atoms with E-state index in [9.17, 15) is 22.4 Å². The Kier molecular flexibility index (Phi) is 10.7. The Morgan fingerprint density at radius 3 is 2.14 bits per heavy atom. The lowest BCUT2D eigenvalue weighted by Crippen LogP contribution is -2.53. The average molecular weight is 618 g/mol. The van der Waals surface area contributed by atoms with Gasteiger partial charge in [0.05, 0.1) is 17.7 Å². The molecule has 4 aromatic rings. The first-order valence-corrected chi connectivity index (χ1v) is 15.7. The number of sulfonamides is 1. The second-order valence-corrected chi connectivity index (χ2v) is 12.1. The summed E-state index contributed by atoms with van der Waals surface area (Å²) in [5, 5.41) is 2.82. The molecule has 0 fully saturated rings. The van der Waals surface area contributed by atoms with Crippen LogP contribution in [0.15, 0.2) is 108 Å². The first-order chi connectivity index (χ1) is 21.1. The van der Waals surface area contributed by atoms with Crippen molar-refractivity contribution in [3.05, 3.63) is 126 Å². The van der Waals surface area contributed by atoms with Gasteiger partial charge >= 0.3 is 0 Å². The summed E-state index contributed by atoms with van der Waals surface area (Å²) in [7, 11) is -2.84. The lowest BCUT2D eigenvalue weighted by atomic mass is 10.0. The summed E-state index contributed by atoms with van der Waals surface area (Å²) in [5.41, 5.74) is 2.33. The number of nitrogens with zero attached hydrogens (tertiary/aromatic N) is 2. The number of likely N-dealkylation sites (N-methyl/N-ethyl adjacent to an activating group) is 1. The molecule has 8 nitrogen and oxygen atoms in total. The average Bonchev–Trinajstić information content (AvgIpc) is 3.03. The van der Waals surface area contributed by atoms with Crippen LogP contribution in [-0.4, -0.2) is 51.4 Å². The van der Waals surface area contributed by atoms with Gasteiger partial charge in [-0.2, -0.15) is 0 Å². The zero-order chi connectivity index (χ0) is 31.7. The normalized spacial score (nSPS) is 11.8. The quantitative estimate of drug-likeness (QED) is 0.225. The largest absolute Gasteiger partial charge is 0.495 e. The van der Waals surface area contributed by atoms with Gasteiger partial charge in [0.25, 0.3) is 10.0 Å². The summed E-state index contributed by atoms with van der Waals surface area (Å²) < 4.78 is 48.6. The molecule has 1 atom stereocenters. The Bertz CT molecular complexity index is 1670. The molecule has 0 aromatic heterocycles. The number of rotatable bonds is 13. The van der Waals surface area contributed by atoms with Gasteiger partial charge in [-0.25, -0.2) is 12.8 Å². The third-order valence-corrected chi connectivity index (χ3v) is 8.88. The van der Waals surface area contributed by atoms with Crippen LogP contribution in [-0.2, 0) is 32.6 Å². The third-order valence-electron chi connectivity index (χ3n) is 7.10. The number of hydrogen-bond acceptors (Lipinski definition) is 5. The van der Waals surface area contributed by atoms with Crippen molar-refractivity contribution < 1.29 is 27.1 Å². The molecule has 1 N–H and O–H groups in total. The number of ether oxygens (including phenoxy) is 1. The summed E-state index contributed by atoms with van der Waals surface area (Å²) >= 11 is 0. The molecule has 2 amide bonds. The first-order valence-electron chi connectivity index (χ1n) is 14.2. The van der Waals surface area contributed by atoms with Gasteiger partial charge in [-0.3, -0.25) is 13.9 Å². The zero-order valence-corrected chi connectivity index (χ0v) is 25.8. The van der Waals surface area contributed by atoms with E-state index in [1.54, 1.807) is 43.3 Å². The van der Waals surface area contributed by atoms with E-state index in [0.29, 0.717) is 12.1 Å². The van der Waals surface area contributed by atoms with Crippen molar-refractivity contribution in [2.45, 2.75) is 37.8 Å². The minimum atomic E-state index is -4.27. The molecule has 0 aliphatic heterocycles. The maximum atomic E-state index is 14.4. The minimum Gasteiger partial charge on any atom is -0.495 e. The second kappa shape index (κ2) is 14.7. The highest BCUT2D eigenvalue weighted by atomic mass is 32.2. The highest BCUT2D eigenvalue weighted by Gasteiger charge is 2.35. The summed E-state index contributed by atoms with van der Waals surface area (Å²) in [6, 6.07) is 26.8. The van der Waals surface area contributed by atoms with Crippen molar-refractivity contribution in [3.63, 3.8) is 0 Å². The topological polar surface area (TPSA) is 96.0 Å². The van der Waals surface area contributed by atoms with E-state index in [-0.39, 0.29) is 29.3 Å². The van der Waals surface area contributed by atoms with Crippen molar-refractivity contribution in [1.82, 2.24) is 10.2 Å². The molecule has 0 radical (unpaired) electrons. The minimum absolute atomic E-state index is 0.00833. The molecule has 0 heterocycles. The van der Waals surface area contributed by atoms with Gasteiger partial charge in [-0.15, -0.1) is 0 Å². The lowest BCUT2D eigenvalue weighted by Gasteiger charge is -2.34. The van der Waals surface area contributed by atoms with E-state index in [2.05, 4.69) is 5.32 Å². The molecular weight excluding hydrogens is 581 g/mol. The van der Waals surface area contributed by atoms with Crippen LogP contribution < -0.4 is 14.4 Å². The number of carbonyl (C=O) groups is 2. The SMILES string of the molecule is CCNC(=O)C(Cc1ccccc1)N(Cc1ccc(F)cc1)C(=O)CN(c1cc(C)ccc1OC)S(=O)(=O)c1ccccc1. The highest BCUT2D eigenvalue weighted by Crippen LogP contribution is 2.34. The molecule has 0 aliphatic rings. The Labute approximate surface area is 258 Å². The predicted octanol–water partition coefficient (Wildman–Crippen LogP) is 5.11. The van der Waals surface area contributed by atoms with Crippen molar-refractivity contribution in [2.24, 2.45) is 0 Å². The van der Waals surface area contributed by atoms with Crippen LogP contribution in [0.3, 0.4) is 0 Å². The first kappa shape index (κ1) is 32.2. The van der Waals surface area contributed by atoms with E-state index in [1.807, 2.05) is 37.3 Å². The number of nitrogens with one attached hydrogen (secondary N) is 1. The van der Waals surface area contributed by atoms with Gasteiger partial charge in [-0.05, 0) is 66.9 Å².